The highest BCUT2D eigenvalue weighted by atomic mass is 32.2. The van der Waals surface area contributed by atoms with Gasteiger partial charge >= 0.3 is 0 Å². The molecule has 94 valence electrons. The summed E-state index contributed by atoms with van der Waals surface area (Å²) in [4.78, 5) is 12.4. The Hall–Kier alpha value is -1.18. The molecule has 0 fully saturated rings. The van der Waals surface area contributed by atoms with Crippen LogP contribution < -0.4 is 0 Å². The lowest BCUT2D eigenvalue weighted by Crippen LogP contribution is -2.06. The van der Waals surface area contributed by atoms with Crippen LogP contribution in [0.5, 0.6) is 0 Å². The predicted molar refractivity (Wildman–Crippen MR) is 79.9 cm³/mol. The Morgan fingerprint density at radius 1 is 1.22 bits per heavy atom. The number of hydrogen-bond acceptors (Lipinski definition) is 4. The van der Waals surface area contributed by atoms with Gasteiger partial charge in [-0.25, -0.2) is 0 Å². The van der Waals surface area contributed by atoms with Gasteiger partial charge in [-0.05, 0) is 38.0 Å². The Morgan fingerprint density at radius 3 is 2.33 bits per heavy atom. The fourth-order valence-electron chi connectivity index (χ4n) is 1.59. The monoisotopic (exact) mass is 277 g/mol. The number of nitrogens with zero attached hydrogens (tertiary/aromatic N) is 1. The Labute approximate surface area is 116 Å². The van der Waals surface area contributed by atoms with Crippen molar-refractivity contribution in [3.8, 4) is 6.07 Å². The van der Waals surface area contributed by atoms with Crippen molar-refractivity contribution < 1.29 is 4.79 Å². The molecule has 4 heteroatoms. The Morgan fingerprint density at radius 2 is 1.83 bits per heavy atom. The molecule has 0 aliphatic heterocycles. The summed E-state index contributed by atoms with van der Waals surface area (Å²) < 4.78 is 0.767. The first kappa shape index (κ1) is 14.9. The number of benzene rings is 1. The van der Waals surface area contributed by atoms with Gasteiger partial charge in [0.2, 0.25) is 5.78 Å². The van der Waals surface area contributed by atoms with Crippen LogP contribution in [0.4, 0.5) is 0 Å². The van der Waals surface area contributed by atoms with Crippen molar-refractivity contribution in [1.82, 2.24) is 0 Å². The summed E-state index contributed by atoms with van der Waals surface area (Å²) >= 11 is 2.87. The van der Waals surface area contributed by atoms with E-state index in [0.717, 1.165) is 15.4 Å². The molecule has 0 saturated carbocycles. The molecule has 1 aromatic carbocycles. The van der Waals surface area contributed by atoms with Crippen molar-refractivity contribution in [1.29, 1.82) is 5.26 Å². The van der Waals surface area contributed by atoms with Crippen LogP contribution in [-0.4, -0.2) is 18.3 Å². The Bertz CT molecular complexity index is 535. The van der Waals surface area contributed by atoms with Gasteiger partial charge in [0.1, 0.15) is 11.6 Å². The molecule has 0 aliphatic carbocycles. The van der Waals surface area contributed by atoms with Gasteiger partial charge < -0.3 is 0 Å². The number of rotatable bonds is 4. The minimum Gasteiger partial charge on any atom is -0.288 e. The van der Waals surface area contributed by atoms with E-state index in [1.54, 1.807) is 0 Å². The molecule has 1 rings (SSSR count). The number of carbonyl (C=O) groups is 1. The second kappa shape index (κ2) is 6.67. The van der Waals surface area contributed by atoms with Gasteiger partial charge in [-0.2, -0.15) is 5.26 Å². The quantitative estimate of drug-likeness (QED) is 0.475. The maximum absolute atomic E-state index is 12.4. The van der Waals surface area contributed by atoms with Crippen LogP contribution in [-0.2, 0) is 0 Å². The second-order valence-corrected chi connectivity index (χ2v) is 5.72. The van der Waals surface area contributed by atoms with E-state index in [2.05, 4.69) is 0 Å². The van der Waals surface area contributed by atoms with E-state index >= 15 is 0 Å². The fourth-order valence-corrected chi connectivity index (χ4v) is 2.94. The SMILES string of the molecule is CSC(SC)=C(C#N)C(=O)c1cc(C)ccc1C. The zero-order valence-corrected chi connectivity index (χ0v) is 12.5. The molecule has 18 heavy (non-hydrogen) atoms. The summed E-state index contributed by atoms with van der Waals surface area (Å²) in [6, 6.07) is 7.75. The first-order valence-electron chi connectivity index (χ1n) is 5.39. The number of hydrogen-bond donors (Lipinski definition) is 0. The van der Waals surface area contributed by atoms with E-state index in [-0.39, 0.29) is 11.4 Å². The van der Waals surface area contributed by atoms with Gasteiger partial charge in [-0.1, -0.05) is 17.7 Å². The third-order valence-electron chi connectivity index (χ3n) is 2.55. The highest BCUT2D eigenvalue weighted by Crippen LogP contribution is 2.29. The number of aryl methyl sites for hydroxylation is 2. The van der Waals surface area contributed by atoms with E-state index < -0.39 is 0 Å². The van der Waals surface area contributed by atoms with Crippen LogP contribution in [0.1, 0.15) is 21.5 Å². The number of ketones is 1. The highest BCUT2D eigenvalue weighted by molar-refractivity contribution is 8.21. The fraction of sp³-hybridized carbons (Fsp3) is 0.286. The van der Waals surface area contributed by atoms with Crippen molar-refractivity contribution >= 4 is 29.3 Å². The van der Waals surface area contributed by atoms with Crippen LogP contribution >= 0.6 is 23.5 Å². The smallest absolute Gasteiger partial charge is 0.205 e. The van der Waals surface area contributed by atoms with E-state index in [0.29, 0.717) is 5.56 Å². The average Bonchev–Trinajstić information content (AvgIpc) is 2.37. The minimum absolute atomic E-state index is 0.183. The van der Waals surface area contributed by atoms with E-state index in [9.17, 15) is 10.1 Å². The highest BCUT2D eigenvalue weighted by Gasteiger charge is 2.18. The normalized spacial score (nSPS) is 9.72. The topological polar surface area (TPSA) is 40.9 Å². The van der Waals surface area contributed by atoms with Crippen LogP contribution in [0.15, 0.2) is 28.0 Å². The van der Waals surface area contributed by atoms with Crippen molar-refractivity contribution in [2.75, 3.05) is 12.5 Å². The Balaban J connectivity index is 3.33. The molecule has 0 N–H and O–H groups in total. The predicted octanol–water partition coefficient (Wildman–Crippen LogP) is 3.95. The second-order valence-electron chi connectivity index (χ2n) is 3.83. The summed E-state index contributed by atoms with van der Waals surface area (Å²) in [5, 5.41) is 9.20. The number of thioether (sulfide) groups is 2. The van der Waals surface area contributed by atoms with Gasteiger partial charge in [0.25, 0.3) is 0 Å². The molecular weight excluding hydrogens is 262 g/mol. The maximum atomic E-state index is 12.4. The van der Waals surface area contributed by atoms with Crippen molar-refractivity contribution in [3.05, 3.63) is 44.7 Å². The van der Waals surface area contributed by atoms with Crippen molar-refractivity contribution in [3.63, 3.8) is 0 Å². The van der Waals surface area contributed by atoms with Crippen molar-refractivity contribution in [2.24, 2.45) is 0 Å². The van der Waals surface area contributed by atoms with Crippen molar-refractivity contribution in [2.45, 2.75) is 13.8 Å². The molecule has 0 radical (unpaired) electrons. The molecule has 0 atom stereocenters. The zero-order chi connectivity index (χ0) is 13.7. The van der Waals surface area contributed by atoms with Gasteiger partial charge in [0.15, 0.2) is 0 Å². The molecule has 2 nitrogen and oxygen atoms in total. The maximum Gasteiger partial charge on any atom is 0.205 e. The largest absolute Gasteiger partial charge is 0.288 e. The number of Topliss-reactive ketones (excluding diaryl/α,β-unsaturated/α-hetero) is 1. The number of nitriles is 1. The molecule has 0 aromatic heterocycles. The third-order valence-corrected chi connectivity index (χ3v) is 4.70. The van der Waals surface area contributed by atoms with Crippen LogP contribution in [0, 0.1) is 25.2 Å². The average molecular weight is 277 g/mol. The van der Waals surface area contributed by atoms with Crippen LogP contribution in [0.2, 0.25) is 0 Å². The molecule has 0 spiro atoms. The first-order chi connectivity index (χ1) is 8.54. The van der Waals surface area contributed by atoms with E-state index in [4.69, 9.17) is 0 Å². The summed E-state index contributed by atoms with van der Waals surface area (Å²) in [6.45, 7) is 3.83. The van der Waals surface area contributed by atoms with Gasteiger partial charge in [-0.3, -0.25) is 4.79 Å². The van der Waals surface area contributed by atoms with E-state index in [1.165, 1.54) is 23.5 Å². The molecule has 1 aromatic rings. The standard InChI is InChI=1S/C14H15NOS2/c1-9-5-6-10(2)11(7-9)13(16)12(8-15)14(17-3)18-4/h5-7H,1-4H3. The molecule has 0 amide bonds. The number of carbonyl (C=O) groups excluding carboxylic acids is 1. The molecule has 0 aliphatic rings. The molecular formula is C14H15NOS2. The molecule has 0 heterocycles. The lowest BCUT2D eigenvalue weighted by atomic mass is 9.98. The first-order valence-corrected chi connectivity index (χ1v) is 7.84. The summed E-state index contributed by atoms with van der Waals surface area (Å²) in [5.41, 5.74) is 2.78. The summed E-state index contributed by atoms with van der Waals surface area (Å²) in [7, 11) is 0. The summed E-state index contributed by atoms with van der Waals surface area (Å²) in [5.74, 6) is -0.183. The van der Waals surface area contributed by atoms with E-state index in [1.807, 2.05) is 50.6 Å². The third kappa shape index (κ3) is 3.18. The van der Waals surface area contributed by atoms with Crippen LogP contribution in [0.25, 0.3) is 0 Å². The lowest BCUT2D eigenvalue weighted by molar-refractivity contribution is 0.103. The molecule has 0 saturated heterocycles. The lowest BCUT2D eigenvalue weighted by Gasteiger charge is -2.08. The molecule has 0 bridgehead atoms. The minimum atomic E-state index is -0.183. The van der Waals surface area contributed by atoms with Gasteiger partial charge in [-0.15, -0.1) is 23.5 Å². The van der Waals surface area contributed by atoms with Gasteiger partial charge in [0.05, 0.1) is 4.24 Å². The Kier molecular flexibility index (Phi) is 5.52. The zero-order valence-electron chi connectivity index (χ0n) is 10.9. The number of allylic oxidation sites excluding steroid dienone is 1. The molecule has 0 unspecified atom stereocenters. The van der Waals surface area contributed by atoms with Crippen LogP contribution in [0.3, 0.4) is 0 Å². The van der Waals surface area contributed by atoms with Gasteiger partial charge in [0, 0.05) is 5.56 Å². The summed E-state index contributed by atoms with van der Waals surface area (Å²) in [6.07, 6.45) is 3.75.